The van der Waals surface area contributed by atoms with Crippen molar-refractivity contribution in [2.45, 2.75) is 31.3 Å². The second-order valence-electron chi connectivity index (χ2n) is 5.53. The van der Waals surface area contributed by atoms with E-state index in [1.807, 2.05) is 31.3 Å². The van der Waals surface area contributed by atoms with Gasteiger partial charge in [-0.05, 0) is 30.9 Å². The van der Waals surface area contributed by atoms with Crippen molar-refractivity contribution >= 4 is 28.1 Å². The van der Waals surface area contributed by atoms with Gasteiger partial charge < -0.3 is 10.2 Å². The van der Waals surface area contributed by atoms with E-state index in [2.05, 4.69) is 44.5 Å². The van der Waals surface area contributed by atoms with Crippen LogP contribution in [0.2, 0.25) is 0 Å². The maximum atomic E-state index is 12.3. The highest BCUT2D eigenvalue weighted by Crippen LogP contribution is 2.23. The maximum Gasteiger partial charge on any atom is 0.267 e. The van der Waals surface area contributed by atoms with E-state index in [0.717, 1.165) is 12.0 Å². The highest BCUT2D eigenvalue weighted by molar-refractivity contribution is 9.09. The molecule has 0 radical (unpaired) electrons. The maximum absolute atomic E-state index is 12.3. The number of nitrogens with one attached hydrogen (secondary N) is 1. The molecule has 4 nitrogen and oxygen atoms in total. The lowest BCUT2D eigenvalue weighted by Crippen LogP contribution is -2.38. The summed E-state index contributed by atoms with van der Waals surface area (Å²) in [6.45, 7) is 0. The molecule has 0 aromatic carbocycles. The summed E-state index contributed by atoms with van der Waals surface area (Å²) in [6.07, 6.45) is 13.3. The average Bonchev–Trinajstić information content (AvgIpc) is 3.26. The van der Waals surface area contributed by atoms with Crippen molar-refractivity contribution in [3.63, 3.8) is 0 Å². The number of hydrogen-bond donors (Lipinski definition) is 1. The Balaban J connectivity index is 1.96. The lowest BCUT2D eigenvalue weighted by atomic mass is 10.0. The Hall–Kier alpha value is -1.36. The van der Waals surface area contributed by atoms with Crippen LogP contribution in [0.1, 0.15) is 19.3 Å². The molecule has 21 heavy (non-hydrogen) atoms. The molecule has 0 bridgehead atoms. The fourth-order valence-electron chi connectivity index (χ4n) is 2.10. The van der Waals surface area contributed by atoms with Crippen LogP contribution in [0.3, 0.4) is 0 Å². The largest absolute Gasteiger partial charge is 0.373 e. The van der Waals surface area contributed by atoms with Gasteiger partial charge in [0.1, 0.15) is 0 Å². The van der Waals surface area contributed by atoms with Crippen LogP contribution >= 0.6 is 15.9 Å². The number of likely N-dealkylation sites (N-methyl/N-ethyl adjacent to an activating group) is 1. The Labute approximate surface area is 134 Å². The van der Waals surface area contributed by atoms with Gasteiger partial charge in [-0.3, -0.25) is 9.79 Å². The fourth-order valence-corrected chi connectivity index (χ4v) is 2.41. The molecule has 5 heteroatoms. The third kappa shape index (κ3) is 5.16. The number of rotatable bonds is 6. The van der Waals surface area contributed by atoms with Gasteiger partial charge in [0.05, 0.1) is 17.8 Å². The van der Waals surface area contributed by atoms with Gasteiger partial charge in [-0.15, -0.1) is 0 Å². The van der Waals surface area contributed by atoms with Gasteiger partial charge in [-0.1, -0.05) is 34.2 Å². The average molecular weight is 352 g/mol. The van der Waals surface area contributed by atoms with Crippen LogP contribution in [0.15, 0.2) is 40.6 Å². The fraction of sp³-hybridized carbons (Fsp3) is 0.500. The van der Waals surface area contributed by atoms with E-state index in [0.29, 0.717) is 17.1 Å². The van der Waals surface area contributed by atoms with Gasteiger partial charge in [-0.25, -0.2) is 0 Å². The zero-order valence-electron chi connectivity index (χ0n) is 12.6. The number of aliphatic imine (C=N–C) groups is 1. The second kappa shape index (κ2) is 7.59. The van der Waals surface area contributed by atoms with Crippen LogP contribution in [0.4, 0.5) is 0 Å². The monoisotopic (exact) mass is 351 g/mol. The van der Waals surface area contributed by atoms with E-state index in [-0.39, 0.29) is 11.9 Å². The first-order valence-corrected chi connectivity index (χ1v) is 8.38. The molecule has 0 aliphatic heterocycles. The van der Waals surface area contributed by atoms with Crippen LogP contribution in [0, 0.1) is 0 Å². The van der Waals surface area contributed by atoms with Crippen molar-refractivity contribution < 1.29 is 4.79 Å². The van der Waals surface area contributed by atoms with E-state index < -0.39 is 0 Å². The summed E-state index contributed by atoms with van der Waals surface area (Å²) in [5.74, 6) is -0.0468. The number of amides is 1. The summed E-state index contributed by atoms with van der Waals surface area (Å²) in [4.78, 5) is 18.6. The van der Waals surface area contributed by atoms with E-state index in [1.54, 1.807) is 0 Å². The molecular weight excluding hydrogens is 330 g/mol. The summed E-state index contributed by atoms with van der Waals surface area (Å²) in [6, 6.07) is 0.554. The first-order valence-electron chi connectivity index (χ1n) is 7.26. The van der Waals surface area contributed by atoms with Gasteiger partial charge in [0.25, 0.3) is 5.91 Å². The molecule has 0 heterocycles. The SMILES string of the molecule is CN(C)/C(=C\CBr)C(=O)NC1C=C(C=NC2CC2)C=CC1. The van der Waals surface area contributed by atoms with Crippen LogP contribution in [0.25, 0.3) is 0 Å². The van der Waals surface area contributed by atoms with Crippen molar-refractivity contribution in [3.8, 4) is 0 Å². The minimum absolute atomic E-state index is 0.0295. The topological polar surface area (TPSA) is 44.7 Å². The molecule has 0 aromatic heterocycles. The quantitative estimate of drug-likeness (QED) is 0.453. The molecule has 0 saturated heterocycles. The Bertz CT molecular complexity index is 502. The van der Waals surface area contributed by atoms with Gasteiger partial charge in [0.15, 0.2) is 0 Å². The smallest absolute Gasteiger partial charge is 0.267 e. The molecule has 1 amide bonds. The Morgan fingerprint density at radius 2 is 2.29 bits per heavy atom. The Kier molecular flexibility index (Phi) is 5.79. The number of halogens is 1. The van der Waals surface area contributed by atoms with E-state index >= 15 is 0 Å². The lowest BCUT2D eigenvalue weighted by Gasteiger charge is -2.21. The number of carbonyl (C=O) groups is 1. The van der Waals surface area contributed by atoms with Crippen molar-refractivity contribution in [3.05, 3.63) is 35.6 Å². The molecular formula is C16H22BrN3O. The Morgan fingerprint density at radius 3 is 2.90 bits per heavy atom. The lowest BCUT2D eigenvalue weighted by molar-refractivity contribution is -0.119. The summed E-state index contributed by atoms with van der Waals surface area (Å²) in [7, 11) is 3.75. The van der Waals surface area contributed by atoms with E-state index in [4.69, 9.17) is 0 Å². The van der Waals surface area contributed by atoms with E-state index in [9.17, 15) is 4.79 Å². The summed E-state index contributed by atoms with van der Waals surface area (Å²) < 4.78 is 0. The third-order valence-corrected chi connectivity index (χ3v) is 3.70. The standard InChI is InChI=1S/C16H22BrN3O/c1-20(2)15(8-9-17)16(21)19-14-5-3-4-12(10-14)11-18-13-6-7-13/h3-4,8,10-11,13-14H,5-7,9H2,1-2H3,(H,19,21)/b15-8-,18-11?. The molecule has 1 unspecified atom stereocenters. The number of alkyl halides is 1. The van der Waals surface area contributed by atoms with Crippen molar-refractivity contribution in [1.82, 2.24) is 10.2 Å². The first-order chi connectivity index (χ1) is 10.1. The molecule has 114 valence electrons. The summed E-state index contributed by atoms with van der Waals surface area (Å²) in [5.41, 5.74) is 1.75. The van der Waals surface area contributed by atoms with Crippen molar-refractivity contribution in [2.24, 2.45) is 4.99 Å². The Morgan fingerprint density at radius 1 is 1.52 bits per heavy atom. The number of allylic oxidation sites excluding steroid dienone is 3. The molecule has 0 aromatic rings. The van der Waals surface area contributed by atoms with Crippen molar-refractivity contribution in [2.75, 3.05) is 19.4 Å². The highest BCUT2D eigenvalue weighted by Gasteiger charge is 2.19. The van der Waals surface area contributed by atoms with Gasteiger partial charge >= 0.3 is 0 Å². The molecule has 2 aliphatic rings. The molecule has 1 fully saturated rings. The predicted molar refractivity (Wildman–Crippen MR) is 90.8 cm³/mol. The summed E-state index contributed by atoms with van der Waals surface area (Å²) in [5, 5.41) is 3.72. The van der Waals surface area contributed by atoms with Gasteiger partial charge in [-0.2, -0.15) is 0 Å². The summed E-state index contributed by atoms with van der Waals surface area (Å²) >= 11 is 3.34. The normalized spacial score (nSPS) is 22.3. The van der Waals surface area contributed by atoms with Gasteiger partial charge in [0, 0.05) is 25.6 Å². The van der Waals surface area contributed by atoms with Crippen LogP contribution < -0.4 is 5.32 Å². The van der Waals surface area contributed by atoms with Crippen LogP contribution in [-0.4, -0.2) is 48.5 Å². The number of carbonyl (C=O) groups excluding carboxylic acids is 1. The van der Waals surface area contributed by atoms with Crippen LogP contribution in [-0.2, 0) is 4.79 Å². The highest BCUT2D eigenvalue weighted by atomic mass is 79.9. The first kappa shape index (κ1) is 16.0. The van der Waals surface area contributed by atoms with Gasteiger partial charge in [0.2, 0.25) is 0 Å². The minimum Gasteiger partial charge on any atom is -0.373 e. The second-order valence-corrected chi connectivity index (χ2v) is 6.18. The van der Waals surface area contributed by atoms with Crippen molar-refractivity contribution in [1.29, 1.82) is 0 Å². The molecule has 1 saturated carbocycles. The molecule has 0 spiro atoms. The molecule has 2 rings (SSSR count). The molecule has 1 N–H and O–H groups in total. The number of nitrogens with zero attached hydrogens (tertiary/aromatic N) is 2. The van der Waals surface area contributed by atoms with Crippen LogP contribution in [0.5, 0.6) is 0 Å². The van der Waals surface area contributed by atoms with E-state index in [1.165, 1.54) is 12.8 Å². The zero-order valence-corrected chi connectivity index (χ0v) is 14.1. The molecule has 2 aliphatic carbocycles. The zero-order chi connectivity index (χ0) is 15.2. The predicted octanol–water partition coefficient (Wildman–Crippen LogP) is 2.43. The third-order valence-electron chi connectivity index (χ3n) is 3.38. The minimum atomic E-state index is -0.0468. The number of hydrogen-bond acceptors (Lipinski definition) is 3. The molecule has 1 atom stereocenters.